The van der Waals surface area contributed by atoms with E-state index in [0.29, 0.717) is 12.5 Å². The summed E-state index contributed by atoms with van der Waals surface area (Å²) >= 11 is 4.58. The zero-order chi connectivity index (χ0) is 12.6. The van der Waals surface area contributed by atoms with Crippen molar-refractivity contribution in [2.45, 2.75) is 39.5 Å². The van der Waals surface area contributed by atoms with Crippen molar-refractivity contribution in [3.05, 3.63) is 0 Å². The number of nitrogens with two attached hydrogens (primary N) is 1. The van der Waals surface area contributed by atoms with Gasteiger partial charge in [0, 0.05) is 6.54 Å². The molecular formula is C10H22N2O2S2. The minimum Gasteiger partial charge on any atom is -0.392 e. The standard InChI is InChI=1S/C10H22N2O2S2/c1-3-5-6-9(4-2)7-12-16(13,14)8-10(11)15/h9,12H,3-8H2,1-2H3,(H2,11,15). The van der Waals surface area contributed by atoms with Crippen molar-refractivity contribution in [3.8, 4) is 0 Å². The van der Waals surface area contributed by atoms with Crippen molar-refractivity contribution in [2.75, 3.05) is 12.3 Å². The molecule has 0 saturated heterocycles. The molecule has 3 N–H and O–H groups in total. The highest BCUT2D eigenvalue weighted by Gasteiger charge is 2.14. The average Bonchev–Trinajstić information content (AvgIpc) is 2.16. The molecule has 0 saturated carbocycles. The molecule has 0 spiro atoms. The van der Waals surface area contributed by atoms with Crippen LogP contribution in [0.25, 0.3) is 0 Å². The Balaban J connectivity index is 4.04. The van der Waals surface area contributed by atoms with E-state index in [1.54, 1.807) is 0 Å². The van der Waals surface area contributed by atoms with Crippen LogP contribution < -0.4 is 10.5 Å². The van der Waals surface area contributed by atoms with E-state index in [1.807, 2.05) is 0 Å². The summed E-state index contributed by atoms with van der Waals surface area (Å²) in [4.78, 5) is 0.00843. The van der Waals surface area contributed by atoms with Gasteiger partial charge in [-0.25, -0.2) is 13.1 Å². The first-order chi connectivity index (χ1) is 7.41. The van der Waals surface area contributed by atoms with E-state index < -0.39 is 10.0 Å². The Morgan fingerprint density at radius 2 is 2.06 bits per heavy atom. The minimum atomic E-state index is -3.33. The fraction of sp³-hybridized carbons (Fsp3) is 0.900. The highest BCUT2D eigenvalue weighted by molar-refractivity contribution is 7.92. The van der Waals surface area contributed by atoms with E-state index in [9.17, 15) is 8.42 Å². The molecule has 0 bridgehead atoms. The molecule has 0 rings (SSSR count). The van der Waals surface area contributed by atoms with E-state index in [-0.39, 0.29) is 10.7 Å². The number of rotatable bonds is 9. The smallest absolute Gasteiger partial charge is 0.218 e. The first-order valence-corrected chi connectivity index (χ1v) is 7.73. The second kappa shape index (κ2) is 7.97. The van der Waals surface area contributed by atoms with Crippen LogP contribution in [0.4, 0.5) is 0 Å². The van der Waals surface area contributed by atoms with Crippen molar-refractivity contribution >= 4 is 27.2 Å². The number of hydrogen-bond acceptors (Lipinski definition) is 3. The molecule has 1 unspecified atom stereocenters. The Hall–Kier alpha value is -0.200. The molecule has 96 valence electrons. The van der Waals surface area contributed by atoms with Gasteiger partial charge in [-0.3, -0.25) is 0 Å². The van der Waals surface area contributed by atoms with Gasteiger partial charge in [0.2, 0.25) is 10.0 Å². The van der Waals surface area contributed by atoms with Crippen LogP contribution in [-0.2, 0) is 10.0 Å². The first kappa shape index (κ1) is 15.8. The van der Waals surface area contributed by atoms with Crippen molar-refractivity contribution in [3.63, 3.8) is 0 Å². The molecule has 1 atom stereocenters. The van der Waals surface area contributed by atoms with Gasteiger partial charge in [0.15, 0.2) is 0 Å². The molecule has 0 aliphatic rings. The van der Waals surface area contributed by atoms with Gasteiger partial charge in [-0.1, -0.05) is 45.3 Å². The summed E-state index contributed by atoms with van der Waals surface area (Å²) in [6.07, 6.45) is 4.31. The molecule has 0 aliphatic carbocycles. The lowest BCUT2D eigenvalue weighted by atomic mass is 10.00. The van der Waals surface area contributed by atoms with Gasteiger partial charge in [-0.05, 0) is 12.3 Å². The summed E-state index contributed by atoms with van der Waals surface area (Å²) in [7, 11) is -3.33. The van der Waals surface area contributed by atoms with Crippen LogP contribution in [0.15, 0.2) is 0 Å². The molecule has 0 fully saturated rings. The zero-order valence-corrected chi connectivity index (χ0v) is 11.7. The lowest BCUT2D eigenvalue weighted by Crippen LogP contribution is -2.35. The Morgan fingerprint density at radius 3 is 2.50 bits per heavy atom. The zero-order valence-electron chi connectivity index (χ0n) is 10.0. The number of unbranched alkanes of at least 4 members (excludes halogenated alkanes) is 1. The van der Waals surface area contributed by atoms with Crippen LogP contribution in [-0.4, -0.2) is 25.7 Å². The fourth-order valence-corrected chi connectivity index (χ4v) is 2.86. The third kappa shape index (κ3) is 8.01. The van der Waals surface area contributed by atoms with Gasteiger partial charge in [-0.2, -0.15) is 0 Å². The molecular weight excluding hydrogens is 244 g/mol. The van der Waals surface area contributed by atoms with E-state index in [2.05, 4.69) is 30.8 Å². The molecule has 0 heterocycles. The van der Waals surface area contributed by atoms with Crippen LogP contribution in [0.5, 0.6) is 0 Å². The second-order valence-corrected chi connectivity index (χ2v) is 6.32. The Bertz CT molecular complexity index is 302. The summed E-state index contributed by atoms with van der Waals surface area (Å²) in [6, 6.07) is 0. The molecule has 0 aromatic carbocycles. The summed E-state index contributed by atoms with van der Waals surface area (Å²) in [5.74, 6) is 0.146. The van der Waals surface area contributed by atoms with E-state index >= 15 is 0 Å². The van der Waals surface area contributed by atoms with Crippen LogP contribution in [0.1, 0.15) is 39.5 Å². The minimum absolute atomic E-state index is 0.00843. The highest BCUT2D eigenvalue weighted by atomic mass is 32.2. The van der Waals surface area contributed by atoms with Gasteiger partial charge in [0.05, 0.1) is 4.99 Å². The number of nitrogens with one attached hydrogen (secondary N) is 1. The van der Waals surface area contributed by atoms with Crippen molar-refractivity contribution in [2.24, 2.45) is 11.7 Å². The van der Waals surface area contributed by atoms with Crippen molar-refractivity contribution in [1.29, 1.82) is 0 Å². The predicted octanol–water partition coefficient (Wildman–Crippen LogP) is 1.41. The van der Waals surface area contributed by atoms with E-state index in [0.717, 1.165) is 25.7 Å². The molecule has 0 radical (unpaired) electrons. The van der Waals surface area contributed by atoms with Gasteiger partial charge in [-0.15, -0.1) is 0 Å². The first-order valence-electron chi connectivity index (χ1n) is 5.66. The Labute approximate surface area is 104 Å². The predicted molar refractivity (Wildman–Crippen MR) is 71.9 cm³/mol. The lowest BCUT2D eigenvalue weighted by molar-refractivity contribution is 0.444. The average molecular weight is 266 g/mol. The largest absolute Gasteiger partial charge is 0.392 e. The monoisotopic (exact) mass is 266 g/mol. The van der Waals surface area contributed by atoms with Gasteiger partial charge < -0.3 is 5.73 Å². The van der Waals surface area contributed by atoms with Crippen molar-refractivity contribution < 1.29 is 8.42 Å². The maximum Gasteiger partial charge on any atom is 0.218 e. The molecule has 0 aromatic rings. The second-order valence-electron chi connectivity index (χ2n) is 3.99. The van der Waals surface area contributed by atoms with E-state index in [1.165, 1.54) is 0 Å². The van der Waals surface area contributed by atoms with Crippen LogP contribution in [0.2, 0.25) is 0 Å². The summed E-state index contributed by atoms with van der Waals surface area (Å²) in [6.45, 7) is 4.69. The normalized spacial score (nSPS) is 13.6. The lowest BCUT2D eigenvalue weighted by Gasteiger charge is -2.15. The Kier molecular flexibility index (Phi) is 7.87. The molecule has 0 aromatic heterocycles. The highest BCUT2D eigenvalue weighted by Crippen LogP contribution is 2.11. The molecule has 0 amide bonds. The quantitative estimate of drug-likeness (QED) is 0.619. The summed E-state index contributed by atoms with van der Waals surface area (Å²) in [5.41, 5.74) is 5.21. The molecule has 4 nitrogen and oxygen atoms in total. The van der Waals surface area contributed by atoms with Crippen LogP contribution >= 0.6 is 12.2 Å². The van der Waals surface area contributed by atoms with Crippen molar-refractivity contribution in [1.82, 2.24) is 4.72 Å². The third-order valence-electron chi connectivity index (χ3n) is 2.47. The maximum absolute atomic E-state index is 11.5. The van der Waals surface area contributed by atoms with Crippen LogP contribution in [0.3, 0.4) is 0 Å². The summed E-state index contributed by atoms with van der Waals surface area (Å²) in [5, 5.41) is 0. The number of thiocarbonyl (C=S) groups is 1. The van der Waals surface area contributed by atoms with E-state index in [4.69, 9.17) is 5.73 Å². The number of hydrogen-bond donors (Lipinski definition) is 2. The molecule has 16 heavy (non-hydrogen) atoms. The Morgan fingerprint density at radius 1 is 1.44 bits per heavy atom. The third-order valence-corrected chi connectivity index (χ3v) is 4.09. The van der Waals surface area contributed by atoms with Crippen LogP contribution in [0, 0.1) is 5.92 Å². The molecule has 6 heteroatoms. The van der Waals surface area contributed by atoms with Gasteiger partial charge in [0.1, 0.15) is 5.75 Å². The van der Waals surface area contributed by atoms with Gasteiger partial charge >= 0.3 is 0 Å². The summed E-state index contributed by atoms with van der Waals surface area (Å²) < 4.78 is 25.5. The maximum atomic E-state index is 11.5. The molecule has 0 aliphatic heterocycles. The SMILES string of the molecule is CCCCC(CC)CNS(=O)(=O)CC(N)=S. The topological polar surface area (TPSA) is 72.2 Å². The van der Waals surface area contributed by atoms with Gasteiger partial charge in [0.25, 0.3) is 0 Å². The fourth-order valence-electron chi connectivity index (χ4n) is 1.43. The number of sulfonamides is 1.